The van der Waals surface area contributed by atoms with Crippen LogP contribution in [0, 0.1) is 11.9 Å². The minimum atomic E-state index is -1.19. The smallest absolute Gasteiger partial charge is 0.397 e. The summed E-state index contributed by atoms with van der Waals surface area (Å²) in [5.74, 6) is -0.631. The maximum atomic E-state index is 14.6. The molecule has 0 saturated heterocycles. The largest absolute Gasteiger partial charge is 0.416 e. The fourth-order valence-corrected chi connectivity index (χ4v) is 6.05. The van der Waals surface area contributed by atoms with Crippen LogP contribution in [-0.4, -0.2) is 56.2 Å². The van der Waals surface area contributed by atoms with Crippen molar-refractivity contribution in [3.05, 3.63) is 23.8 Å². The molecule has 1 aliphatic carbocycles. The lowest BCUT2D eigenvalue weighted by atomic mass is 9.87. The second-order valence-corrected chi connectivity index (χ2v) is 16.4. The predicted molar refractivity (Wildman–Crippen MR) is 122 cm³/mol. The highest BCUT2D eigenvalue weighted by Gasteiger charge is 2.67. The lowest BCUT2D eigenvalue weighted by molar-refractivity contribution is 0.120. The van der Waals surface area contributed by atoms with Crippen LogP contribution in [0.5, 0.6) is 0 Å². The number of hydrogen-bond acceptors (Lipinski definition) is 8. The highest BCUT2D eigenvalue weighted by molar-refractivity contribution is 8.15. The SMILES string of the molecule is COC[C@]12C[C@H]1[C@@](C)(c1cc(N)cnc1F)N=C(OC(=O)NCOCC[Si](C)(C)C)S2. The van der Waals surface area contributed by atoms with E-state index in [0.717, 1.165) is 12.5 Å². The number of carbonyl (C=O) groups excluding carboxylic acids is 1. The van der Waals surface area contributed by atoms with Crippen LogP contribution in [-0.2, 0) is 19.7 Å². The Morgan fingerprint density at radius 2 is 2.19 bits per heavy atom. The number of aromatic nitrogens is 1. The Morgan fingerprint density at radius 1 is 1.45 bits per heavy atom. The van der Waals surface area contributed by atoms with Crippen LogP contribution in [0.3, 0.4) is 0 Å². The molecule has 8 nitrogen and oxygen atoms in total. The fourth-order valence-electron chi connectivity index (χ4n) is 3.79. The summed E-state index contributed by atoms with van der Waals surface area (Å²) in [5, 5.41) is 2.74. The number of nitrogen functional groups attached to an aromatic ring is 1. The van der Waals surface area contributed by atoms with Crippen molar-refractivity contribution in [2.24, 2.45) is 10.9 Å². The van der Waals surface area contributed by atoms with Gasteiger partial charge in [-0.25, -0.2) is 14.8 Å². The molecule has 1 saturated carbocycles. The number of fused-ring (bicyclic) bond motifs is 1. The number of aliphatic imine (C=N–C) groups is 1. The molecule has 0 unspecified atom stereocenters. The number of thioether (sulfide) groups is 1. The number of ether oxygens (including phenoxy) is 3. The zero-order valence-corrected chi connectivity index (χ0v) is 20.5. The van der Waals surface area contributed by atoms with E-state index in [1.165, 1.54) is 18.0 Å². The third kappa shape index (κ3) is 5.57. The minimum Gasteiger partial charge on any atom is -0.397 e. The summed E-state index contributed by atoms with van der Waals surface area (Å²) in [5.41, 5.74) is 5.51. The van der Waals surface area contributed by atoms with Gasteiger partial charge in [-0.3, -0.25) is 5.32 Å². The molecule has 0 bridgehead atoms. The molecule has 1 aromatic heterocycles. The summed E-state index contributed by atoms with van der Waals surface area (Å²) in [6, 6.07) is 2.55. The molecule has 0 radical (unpaired) electrons. The number of carbonyl (C=O) groups is 1. The van der Waals surface area contributed by atoms with Crippen LogP contribution in [0.15, 0.2) is 17.3 Å². The van der Waals surface area contributed by atoms with Gasteiger partial charge >= 0.3 is 6.09 Å². The predicted octanol–water partition coefficient (Wildman–Crippen LogP) is 3.56. The van der Waals surface area contributed by atoms with Gasteiger partial charge in [-0.2, -0.15) is 4.39 Å². The van der Waals surface area contributed by atoms with E-state index in [1.54, 1.807) is 13.2 Å². The summed E-state index contributed by atoms with van der Waals surface area (Å²) >= 11 is 1.35. The van der Waals surface area contributed by atoms with Gasteiger partial charge in [0.1, 0.15) is 6.73 Å². The highest BCUT2D eigenvalue weighted by atomic mass is 32.2. The number of anilines is 1. The van der Waals surface area contributed by atoms with E-state index < -0.39 is 25.7 Å². The standard InChI is InChI=1S/C20H31FN4O4SSi/c1-19(14-8-13(22)10-23-16(14)21)15-9-20(15,11-27-2)30-18(25-19)29-17(26)24-12-28-6-7-31(3,4)5/h8,10,15H,6-7,9,11-12,22H2,1-5H3,(H,24,26)/t15-,19+,20+/m0/s1. The molecule has 2 heterocycles. The van der Waals surface area contributed by atoms with E-state index in [-0.39, 0.29) is 28.2 Å². The van der Waals surface area contributed by atoms with Crippen molar-refractivity contribution in [3.8, 4) is 0 Å². The monoisotopic (exact) mass is 470 g/mol. The number of halogens is 1. The molecule has 3 atom stereocenters. The Morgan fingerprint density at radius 3 is 2.87 bits per heavy atom. The van der Waals surface area contributed by atoms with Crippen LogP contribution >= 0.6 is 11.8 Å². The Labute approximate surface area is 187 Å². The third-order valence-corrected chi connectivity index (χ3v) is 8.64. The molecular formula is C20H31FN4O4SSi. The Kier molecular flexibility index (Phi) is 6.99. The number of nitrogens with one attached hydrogen (secondary N) is 1. The molecule has 1 aliphatic heterocycles. The summed E-state index contributed by atoms with van der Waals surface area (Å²) in [7, 11) is 0.419. The Hall–Kier alpha value is -1.69. The zero-order valence-electron chi connectivity index (χ0n) is 18.7. The normalized spacial score (nSPS) is 27.3. The maximum Gasteiger partial charge on any atom is 0.416 e. The first-order valence-electron chi connectivity index (χ1n) is 10.2. The van der Waals surface area contributed by atoms with Gasteiger partial charge in [-0.1, -0.05) is 31.4 Å². The number of nitrogens with two attached hydrogens (primary N) is 1. The van der Waals surface area contributed by atoms with E-state index >= 15 is 0 Å². The second-order valence-electron chi connectivity index (χ2n) is 9.42. The van der Waals surface area contributed by atoms with Gasteiger partial charge in [0.2, 0.25) is 5.95 Å². The number of hydrogen-bond donors (Lipinski definition) is 2. The van der Waals surface area contributed by atoms with E-state index in [4.69, 9.17) is 19.9 Å². The molecule has 2 aliphatic rings. The van der Waals surface area contributed by atoms with Crippen LogP contribution in [0.4, 0.5) is 14.9 Å². The highest BCUT2D eigenvalue weighted by Crippen LogP contribution is 2.66. The maximum absolute atomic E-state index is 14.6. The van der Waals surface area contributed by atoms with Gasteiger partial charge in [0, 0.05) is 33.3 Å². The van der Waals surface area contributed by atoms with Crippen molar-refractivity contribution < 1.29 is 23.4 Å². The zero-order chi connectivity index (χ0) is 22.9. The van der Waals surface area contributed by atoms with Gasteiger partial charge in [0.05, 0.1) is 28.8 Å². The lowest BCUT2D eigenvalue weighted by Gasteiger charge is -2.34. The Balaban J connectivity index is 1.71. The van der Waals surface area contributed by atoms with E-state index in [0.29, 0.717) is 18.9 Å². The average Bonchev–Trinajstić information content (AvgIpc) is 3.38. The van der Waals surface area contributed by atoms with E-state index in [9.17, 15) is 9.18 Å². The van der Waals surface area contributed by atoms with E-state index in [2.05, 4.69) is 34.9 Å². The van der Waals surface area contributed by atoms with Crippen LogP contribution in [0.25, 0.3) is 0 Å². The van der Waals surface area contributed by atoms with Crippen molar-refractivity contribution in [1.29, 1.82) is 0 Å². The molecule has 1 fully saturated rings. The first-order chi connectivity index (χ1) is 14.5. The van der Waals surface area contributed by atoms with Gasteiger partial charge < -0.3 is 19.9 Å². The van der Waals surface area contributed by atoms with Gasteiger partial charge in [-0.15, -0.1) is 0 Å². The summed E-state index contributed by atoms with van der Waals surface area (Å²) in [4.78, 5) is 20.7. The quantitative estimate of drug-likeness (QED) is 0.259. The van der Waals surface area contributed by atoms with Gasteiger partial charge in [0.25, 0.3) is 5.23 Å². The number of amides is 1. The van der Waals surface area contributed by atoms with Crippen molar-refractivity contribution in [2.45, 2.75) is 49.3 Å². The van der Waals surface area contributed by atoms with Crippen molar-refractivity contribution in [2.75, 3.05) is 32.8 Å². The number of methoxy groups -OCH3 is 1. The Bertz CT molecular complexity index is 868. The lowest BCUT2D eigenvalue weighted by Crippen LogP contribution is -2.38. The number of pyridine rings is 1. The molecule has 0 aromatic carbocycles. The van der Waals surface area contributed by atoms with Gasteiger partial charge in [0.15, 0.2) is 0 Å². The number of rotatable bonds is 8. The number of alkyl carbamates (subject to hydrolysis) is 1. The summed E-state index contributed by atoms with van der Waals surface area (Å²) in [6.07, 6.45) is 1.35. The number of nitrogens with zero attached hydrogens (tertiary/aromatic N) is 2. The van der Waals surface area contributed by atoms with Gasteiger partial charge in [-0.05, 0) is 25.5 Å². The van der Waals surface area contributed by atoms with Crippen LogP contribution < -0.4 is 11.1 Å². The molecule has 3 N–H and O–H groups in total. The molecule has 3 rings (SSSR count). The molecule has 11 heteroatoms. The molecule has 1 amide bonds. The van der Waals surface area contributed by atoms with Crippen LogP contribution in [0.1, 0.15) is 18.9 Å². The molecule has 0 spiro atoms. The fraction of sp³-hybridized carbons (Fsp3) is 0.650. The van der Waals surface area contributed by atoms with Crippen molar-refractivity contribution in [3.63, 3.8) is 0 Å². The third-order valence-electron chi connectivity index (χ3n) is 5.61. The first kappa shape index (κ1) is 24.0. The molecule has 31 heavy (non-hydrogen) atoms. The minimum absolute atomic E-state index is 0.00311. The molecule has 1 aromatic rings. The average molecular weight is 471 g/mol. The summed E-state index contributed by atoms with van der Waals surface area (Å²) in [6.45, 7) is 9.66. The van der Waals surface area contributed by atoms with Crippen molar-refractivity contribution in [1.82, 2.24) is 10.3 Å². The van der Waals surface area contributed by atoms with Crippen LogP contribution in [0.2, 0.25) is 25.7 Å². The summed E-state index contributed by atoms with van der Waals surface area (Å²) < 4.78 is 30.6. The molecule has 172 valence electrons. The second kappa shape index (κ2) is 9.05. The topological polar surface area (TPSA) is 108 Å². The first-order valence-corrected chi connectivity index (χ1v) is 14.7. The van der Waals surface area contributed by atoms with E-state index in [1.807, 2.05) is 6.92 Å². The van der Waals surface area contributed by atoms with Crippen molar-refractivity contribution >= 4 is 36.8 Å². The molecular weight excluding hydrogens is 439 g/mol.